The quantitative estimate of drug-likeness (QED) is 0.300. The molecule has 0 radical (unpaired) electrons. The molecule has 0 spiro atoms. The van der Waals surface area contributed by atoms with Gasteiger partial charge in [-0.25, -0.2) is 4.99 Å². The molecule has 1 fully saturated rings. The number of nitrogens with zero attached hydrogens (tertiary/aromatic N) is 1. The molecule has 3 rings (SSSR count). The van der Waals surface area contributed by atoms with Gasteiger partial charge in [-0.1, -0.05) is 6.07 Å². The molecule has 1 aliphatic carbocycles. The first-order valence-corrected chi connectivity index (χ1v) is 9.74. The molecule has 0 atom stereocenters. The van der Waals surface area contributed by atoms with E-state index >= 15 is 0 Å². The van der Waals surface area contributed by atoms with Gasteiger partial charge in [0.05, 0.1) is 12.8 Å². The maximum atomic E-state index is 5.39. The Kier molecular flexibility index (Phi) is 8.94. The van der Waals surface area contributed by atoms with Crippen molar-refractivity contribution in [3.8, 4) is 0 Å². The van der Waals surface area contributed by atoms with Gasteiger partial charge in [0.25, 0.3) is 0 Å². The van der Waals surface area contributed by atoms with Crippen LogP contribution in [0.25, 0.3) is 0 Å². The van der Waals surface area contributed by atoms with E-state index < -0.39 is 0 Å². The van der Waals surface area contributed by atoms with Crippen LogP contribution in [0.3, 0.4) is 0 Å². The molecule has 2 heterocycles. The lowest BCUT2D eigenvalue weighted by atomic mass is 10.0. The number of guanidine groups is 1. The van der Waals surface area contributed by atoms with Gasteiger partial charge in [-0.3, -0.25) is 0 Å². The lowest BCUT2D eigenvalue weighted by Crippen LogP contribution is -2.41. The molecule has 2 aromatic heterocycles. The van der Waals surface area contributed by atoms with Gasteiger partial charge in [-0.2, -0.15) is 0 Å². The van der Waals surface area contributed by atoms with Crippen LogP contribution in [0, 0.1) is 5.41 Å². The summed E-state index contributed by atoms with van der Waals surface area (Å²) >= 11 is 1.74. The van der Waals surface area contributed by atoms with Crippen LogP contribution in [-0.4, -0.2) is 32.8 Å². The molecule has 2 aromatic rings. The number of halogens is 1. The number of rotatable bonds is 10. The highest BCUT2D eigenvalue weighted by molar-refractivity contribution is 14.0. The highest BCUT2D eigenvalue weighted by atomic mass is 127. The summed E-state index contributed by atoms with van der Waals surface area (Å²) in [6, 6.07) is 8.11. The monoisotopic (exact) mass is 489 g/mol. The molecule has 0 saturated heterocycles. The molecule has 1 saturated carbocycles. The predicted molar refractivity (Wildman–Crippen MR) is 117 cm³/mol. The van der Waals surface area contributed by atoms with Crippen LogP contribution < -0.4 is 10.6 Å². The van der Waals surface area contributed by atoms with Gasteiger partial charge in [0.1, 0.15) is 5.76 Å². The predicted octanol–water partition coefficient (Wildman–Crippen LogP) is 4.05. The highest BCUT2D eigenvalue weighted by Gasteiger charge is 2.41. The second kappa shape index (κ2) is 10.9. The minimum absolute atomic E-state index is 0. The Morgan fingerprint density at radius 2 is 2.19 bits per heavy atom. The van der Waals surface area contributed by atoms with Gasteiger partial charge in [0.2, 0.25) is 0 Å². The Morgan fingerprint density at radius 1 is 1.31 bits per heavy atom. The fourth-order valence-electron chi connectivity index (χ4n) is 2.77. The van der Waals surface area contributed by atoms with Crippen LogP contribution in [0.15, 0.2) is 45.3 Å². The minimum atomic E-state index is 0. The molecular weight excluding hydrogens is 461 g/mol. The van der Waals surface area contributed by atoms with Gasteiger partial charge in [-0.05, 0) is 48.3 Å². The Hall–Kier alpha value is -1.06. The Morgan fingerprint density at radius 3 is 2.85 bits per heavy atom. The van der Waals surface area contributed by atoms with E-state index in [1.807, 2.05) is 12.1 Å². The van der Waals surface area contributed by atoms with Crippen LogP contribution in [0.5, 0.6) is 0 Å². The summed E-state index contributed by atoms with van der Waals surface area (Å²) in [5.74, 6) is 1.87. The van der Waals surface area contributed by atoms with Gasteiger partial charge < -0.3 is 19.8 Å². The van der Waals surface area contributed by atoms with Crippen molar-refractivity contribution >= 4 is 41.3 Å². The number of nitrogens with one attached hydrogen (secondary N) is 2. The summed E-state index contributed by atoms with van der Waals surface area (Å²) in [5, 5.41) is 9.05. The van der Waals surface area contributed by atoms with Crippen molar-refractivity contribution in [1.82, 2.24) is 10.6 Å². The zero-order chi connectivity index (χ0) is 17.4. The van der Waals surface area contributed by atoms with Gasteiger partial charge in [0.15, 0.2) is 5.96 Å². The molecule has 26 heavy (non-hydrogen) atoms. The van der Waals surface area contributed by atoms with Gasteiger partial charge in [0, 0.05) is 38.1 Å². The molecule has 0 amide bonds. The van der Waals surface area contributed by atoms with Crippen LogP contribution in [0.4, 0.5) is 0 Å². The number of aliphatic imine (C=N–C) groups is 1. The first-order valence-electron chi connectivity index (χ1n) is 8.86. The van der Waals surface area contributed by atoms with Crippen molar-refractivity contribution in [3.05, 3.63) is 46.5 Å². The average Bonchev–Trinajstić information content (AvgIpc) is 3.04. The molecule has 144 valence electrons. The summed E-state index contributed by atoms with van der Waals surface area (Å²) < 4.78 is 10.6. The largest absolute Gasteiger partial charge is 0.469 e. The van der Waals surface area contributed by atoms with Crippen LogP contribution >= 0.6 is 35.3 Å². The van der Waals surface area contributed by atoms with Crippen molar-refractivity contribution in [1.29, 1.82) is 0 Å². The van der Waals surface area contributed by atoms with Gasteiger partial charge >= 0.3 is 0 Å². The molecule has 0 aliphatic heterocycles. The number of methoxy groups -OCH3 is 1. The fourth-order valence-corrected chi connectivity index (χ4v) is 3.40. The third-order valence-electron chi connectivity index (χ3n) is 4.64. The Bertz CT molecular complexity index is 640. The molecule has 7 heteroatoms. The molecule has 0 bridgehead atoms. The maximum Gasteiger partial charge on any atom is 0.191 e. The fraction of sp³-hybridized carbons (Fsp3) is 0.526. The maximum absolute atomic E-state index is 5.39. The summed E-state index contributed by atoms with van der Waals surface area (Å²) in [5.41, 5.74) is 0.391. The number of ether oxygens (including phenoxy) is 1. The molecule has 2 N–H and O–H groups in total. The van der Waals surface area contributed by atoms with Crippen molar-refractivity contribution in [2.75, 3.05) is 26.8 Å². The summed E-state index contributed by atoms with van der Waals surface area (Å²) in [4.78, 5) is 6.01. The Balaban J connectivity index is 0.00000243. The van der Waals surface area contributed by atoms with E-state index in [1.54, 1.807) is 24.7 Å². The minimum Gasteiger partial charge on any atom is -0.469 e. The lowest BCUT2D eigenvalue weighted by Gasteiger charge is -2.18. The summed E-state index contributed by atoms with van der Waals surface area (Å²) in [6.45, 7) is 3.29. The zero-order valence-electron chi connectivity index (χ0n) is 15.2. The SMILES string of the molecule is COCCC1(CNC(=NCc2cccs2)NCCc2ccco2)CC1.I. The van der Waals surface area contributed by atoms with Crippen molar-refractivity contribution < 1.29 is 9.15 Å². The van der Waals surface area contributed by atoms with Crippen LogP contribution in [0.1, 0.15) is 29.9 Å². The van der Waals surface area contributed by atoms with Crippen molar-refractivity contribution in [2.45, 2.75) is 32.2 Å². The van der Waals surface area contributed by atoms with Crippen molar-refractivity contribution in [2.24, 2.45) is 10.4 Å². The average molecular weight is 489 g/mol. The first kappa shape index (κ1) is 21.2. The third kappa shape index (κ3) is 6.92. The zero-order valence-corrected chi connectivity index (χ0v) is 18.3. The van der Waals surface area contributed by atoms with Crippen molar-refractivity contribution in [3.63, 3.8) is 0 Å². The van der Waals surface area contributed by atoms with Crippen LogP contribution in [0.2, 0.25) is 0 Å². The molecular formula is C19H28IN3O2S. The van der Waals surface area contributed by atoms with Crippen LogP contribution in [-0.2, 0) is 17.7 Å². The number of hydrogen-bond acceptors (Lipinski definition) is 4. The van der Waals surface area contributed by atoms with E-state index in [0.717, 1.165) is 44.3 Å². The number of hydrogen-bond donors (Lipinski definition) is 2. The number of thiophene rings is 1. The second-order valence-corrected chi connectivity index (χ2v) is 7.63. The summed E-state index contributed by atoms with van der Waals surface area (Å²) in [6.07, 6.45) is 6.22. The summed E-state index contributed by atoms with van der Waals surface area (Å²) in [7, 11) is 1.77. The highest BCUT2D eigenvalue weighted by Crippen LogP contribution is 2.48. The van der Waals surface area contributed by atoms with E-state index in [0.29, 0.717) is 12.0 Å². The first-order chi connectivity index (χ1) is 12.3. The number of furan rings is 1. The molecule has 1 aliphatic rings. The Labute approximate surface area is 176 Å². The standard InChI is InChI=1S/C19H27N3O2S.HI/c1-23-12-9-19(7-8-19)15-22-18(21-14-17-5-3-13-25-17)20-10-6-16-4-2-11-24-16;/h2-5,11,13H,6-10,12,14-15H2,1H3,(H2,20,21,22);1H. The second-order valence-electron chi connectivity index (χ2n) is 6.60. The van der Waals surface area contributed by atoms with E-state index in [4.69, 9.17) is 14.1 Å². The van der Waals surface area contributed by atoms with Gasteiger partial charge in [-0.15, -0.1) is 35.3 Å². The molecule has 0 aromatic carbocycles. The topological polar surface area (TPSA) is 58.8 Å². The molecule has 5 nitrogen and oxygen atoms in total. The lowest BCUT2D eigenvalue weighted by molar-refractivity contribution is 0.172. The smallest absolute Gasteiger partial charge is 0.191 e. The van der Waals surface area contributed by atoms with E-state index in [2.05, 4.69) is 28.1 Å². The van der Waals surface area contributed by atoms with E-state index in [1.165, 1.54) is 17.7 Å². The van der Waals surface area contributed by atoms with E-state index in [-0.39, 0.29) is 24.0 Å². The van der Waals surface area contributed by atoms with E-state index in [9.17, 15) is 0 Å². The normalized spacial score (nSPS) is 15.3. The molecule has 0 unspecified atom stereocenters. The third-order valence-corrected chi connectivity index (χ3v) is 5.50.